The third-order valence-electron chi connectivity index (χ3n) is 2.82. The van der Waals surface area contributed by atoms with E-state index in [0.717, 1.165) is 19.1 Å². The first-order valence-corrected chi connectivity index (χ1v) is 7.11. The average molecular weight is 203 g/mol. The fourth-order valence-electron chi connectivity index (χ4n) is 2.00. The predicted molar refractivity (Wildman–Crippen MR) is 55.7 cm³/mol. The highest BCUT2D eigenvalue weighted by Crippen LogP contribution is 2.27. The minimum absolute atomic E-state index is 1.13. The van der Waals surface area contributed by atoms with E-state index >= 15 is 0 Å². The Morgan fingerprint density at radius 3 is 2.54 bits per heavy atom. The molecule has 0 unspecified atom stereocenters. The molecular formula is C9H21NO2Si. The highest BCUT2D eigenvalue weighted by atomic mass is 28.4. The SMILES string of the molecule is CCCCN1CCC[Si]1(OC)OC. The highest BCUT2D eigenvalue weighted by Gasteiger charge is 2.46. The van der Waals surface area contributed by atoms with Gasteiger partial charge >= 0.3 is 8.72 Å². The summed E-state index contributed by atoms with van der Waals surface area (Å²) >= 11 is 0. The van der Waals surface area contributed by atoms with E-state index < -0.39 is 8.72 Å². The summed E-state index contributed by atoms with van der Waals surface area (Å²) in [7, 11) is 1.67. The van der Waals surface area contributed by atoms with Crippen LogP contribution in [0.4, 0.5) is 0 Å². The number of nitrogens with zero attached hydrogens (tertiary/aromatic N) is 1. The molecule has 1 rings (SSSR count). The van der Waals surface area contributed by atoms with Gasteiger partial charge in [-0.15, -0.1) is 0 Å². The minimum Gasteiger partial charge on any atom is -0.386 e. The van der Waals surface area contributed by atoms with E-state index in [1.54, 1.807) is 14.2 Å². The Kier molecular flexibility index (Phi) is 4.38. The third-order valence-corrected chi connectivity index (χ3v) is 6.49. The fourth-order valence-corrected chi connectivity index (χ4v) is 5.01. The van der Waals surface area contributed by atoms with Crippen LogP contribution in [0.15, 0.2) is 0 Å². The van der Waals surface area contributed by atoms with E-state index in [-0.39, 0.29) is 0 Å². The first-order valence-electron chi connectivity index (χ1n) is 5.14. The molecule has 1 heterocycles. The lowest BCUT2D eigenvalue weighted by atomic mass is 10.3. The molecule has 0 aromatic carbocycles. The standard InChI is InChI=1S/C9H21NO2Si/c1-4-5-7-10-8-6-9-13(10,11-2)12-3/h4-9H2,1-3H3. The zero-order valence-corrected chi connectivity index (χ0v) is 10.0. The Hall–Kier alpha value is 0.0969. The quantitative estimate of drug-likeness (QED) is 0.635. The van der Waals surface area contributed by atoms with Crippen LogP contribution in [0.1, 0.15) is 26.2 Å². The van der Waals surface area contributed by atoms with Crippen molar-refractivity contribution in [3.8, 4) is 0 Å². The fraction of sp³-hybridized carbons (Fsp3) is 1.00. The van der Waals surface area contributed by atoms with Crippen molar-refractivity contribution in [3.05, 3.63) is 0 Å². The summed E-state index contributed by atoms with van der Waals surface area (Å²) < 4.78 is 13.6. The molecule has 0 aromatic rings. The molecule has 1 aliphatic heterocycles. The lowest BCUT2D eigenvalue weighted by Crippen LogP contribution is -2.53. The van der Waals surface area contributed by atoms with Crippen LogP contribution in [0.5, 0.6) is 0 Å². The van der Waals surface area contributed by atoms with Gasteiger partial charge in [0.15, 0.2) is 0 Å². The van der Waals surface area contributed by atoms with Crippen LogP contribution >= 0.6 is 0 Å². The summed E-state index contributed by atoms with van der Waals surface area (Å²) in [6, 6.07) is 1.13. The Morgan fingerprint density at radius 2 is 2.00 bits per heavy atom. The summed E-state index contributed by atoms with van der Waals surface area (Å²) in [6.07, 6.45) is 3.73. The maximum atomic E-state index is 5.60. The molecule has 78 valence electrons. The van der Waals surface area contributed by atoms with Gasteiger partial charge in [0.25, 0.3) is 0 Å². The topological polar surface area (TPSA) is 21.7 Å². The second kappa shape index (κ2) is 5.10. The molecular weight excluding hydrogens is 182 g/mol. The molecule has 0 saturated carbocycles. The third kappa shape index (κ3) is 2.31. The molecule has 1 aliphatic rings. The van der Waals surface area contributed by atoms with E-state index in [1.807, 2.05) is 0 Å². The minimum atomic E-state index is -1.91. The summed E-state index contributed by atoms with van der Waals surface area (Å²) in [5, 5.41) is 0. The van der Waals surface area contributed by atoms with Crippen LogP contribution < -0.4 is 0 Å². The molecule has 3 nitrogen and oxygen atoms in total. The van der Waals surface area contributed by atoms with Gasteiger partial charge in [-0.25, -0.2) is 0 Å². The van der Waals surface area contributed by atoms with Crippen molar-refractivity contribution in [1.82, 2.24) is 4.57 Å². The lowest BCUT2D eigenvalue weighted by molar-refractivity contribution is 0.181. The summed E-state index contributed by atoms with van der Waals surface area (Å²) in [5.41, 5.74) is 0. The Labute approximate surface area is 82.3 Å². The number of hydrogen-bond acceptors (Lipinski definition) is 3. The molecule has 0 atom stereocenters. The van der Waals surface area contributed by atoms with Gasteiger partial charge < -0.3 is 8.85 Å². The van der Waals surface area contributed by atoms with E-state index in [0.29, 0.717) is 0 Å². The van der Waals surface area contributed by atoms with Gasteiger partial charge in [-0.05, 0) is 25.9 Å². The summed E-state index contributed by atoms with van der Waals surface area (Å²) in [6.45, 7) is 4.53. The molecule has 0 spiro atoms. The molecule has 13 heavy (non-hydrogen) atoms. The zero-order chi connectivity index (χ0) is 9.73. The number of rotatable bonds is 5. The Morgan fingerprint density at radius 1 is 1.31 bits per heavy atom. The van der Waals surface area contributed by atoms with E-state index in [2.05, 4.69) is 11.5 Å². The van der Waals surface area contributed by atoms with Gasteiger partial charge in [0.2, 0.25) is 0 Å². The van der Waals surface area contributed by atoms with E-state index in [1.165, 1.54) is 19.3 Å². The van der Waals surface area contributed by atoms with Crippen LogP contribution in [0, 0.1) is 0 Å². The molecule has 1 fully saturated rings. The van der Waals surface area contributed by atoms with Crippen molar-refractivity contribution in [2.24, 2.45) is 0 Å². The van der Waals surface area contributed by atoms with Crippen LogP contribution in [0.25, 0.3) is 0 Å². The molecule has 1 saturated heterocycles. The zero-order valence-electron chi connectivity index (χ0n) is 9.01. The average Bonchev–Trinajstić information content (AvgIpc) is 2.58. The van der Waals surface area contributed by atoms with Gasteiger partial charge in [0, 0.05) is 20.3 Å². The second-order valence-electron chi connectivity index (χ2n) is 3.57. The second-order valence-corrected chi connectivity index (χ2v) is 6.94. The summed E-state index contributed by atoms with van der Waals surface area (Å²) in [5.74, 6) is 0. The molecule has 0 N–H and O–H groups in total. The maximum Gasteiger partial charge on any atom is 0.427 e. The van der Waals surface area contributed by atoms with Crippen molar-refractivity contribution in [1.29, 1.82) is 0 Å². The maximum absolute atomic E-state index is 5.60. The van der Waals surface area contributed by atoms with Crippen molar-refractivity contribution in [2.75, 3.05) is 27.3 Å². The number of unbranched alkanes of at least 4 members (excludes halogenated alkanes) is 1. The highest BCUT2D eigenvalue weighted by molar-refractivity contribution is 6.65. The van der Waals surface area contributed by atoms with Crippen LogP contribution in [-0.2, 0) is 8.85 Å². The molecule has 0 aromatic heterocycles. The van der Waals surface area contributed by atoms with Crippen molar-refractivity contribution in [3.63, 3.8) is 0 Å². The smallest absolute Gasteiger partial charge is 0.386 e. The molecule has 0 radical (unpaired) electrons. The first kappa shape index (κ1) is 11.2. The van der Waals surface area contributed by atoms with Crippen LogP contribution in [-0.4, -0.2) is 40.6 Å². The van der Waals surface area contributed by atoms with Crippen LogP contribution in [0.2, 0.25) is 6.04 Å². The molecule has 0 aliphatic carbocycles. The number of hydrogen-bond donors (Lipinski definition) is 0. The van der Waals surface area contributed by atoms with Gasteiger partial charge in [0.05, 0.1) is 0 Å². The Bertz CT molecular complexity index is 151. The van der Waals surface area contributed by atoms with E-state index in [9.17, 15) is 0 Å². The van der Waals surface area contributed by atoms with Gasteiger partial charge in [-0.1, -0.05) is 13.3 Å². The van der Waals surface area contributed by atoms with E-state index in [4.69, 9.17) is 8.85 Å². The predicted octanol–water partition coefficient (Wildman–Crippen LogP) is 1.72. The monoisotopic (exact) mass is 203 g/mol. The first-order chi connectivity index (χ1) is 6.29. The van der Waals surface area contributed by atoms with Gasteiger partial charge in [-0.2, -0.15) is 0 Å². The van der Waals surface area contributed by atoms with Gasteiger partial charge in [-0.3, -0.25) is 4.57 Å². The molecule has 0 amide bonds. The van der Waals surface area contributed by atoms with Crippen LogP contribution in [0.3, 0.4) is 0 Å². The van der Waals surface area contributed by atoms with Gasteiger partial charge in [0.1, 0.15) is 0 Å². The largest absolute Gasteiger partial charge is 0.427 e. The van der Waals surface area contributed by atoms with Crippen molar-refractivity contribution < 1.29 is 8.85 Å². The Balaban J connectivity index is 2.50. The van der Waals surface area contributed by atoms with Crippen molar-refractivity contribution >= 4 is 8.72 Å². The molecule has 0 bridgehead atoms. The molecule has 4 heteroatoms. The summed E-state index contributed by atoms with van der Waals surface area (Å²) in [4.78, 5) is 0. The lowest BCUT2D eigenvalue weighted by Gasteiger charge is -2.31. The normalized spacial score (nSPS) is 22.4. The van der Waals surface area contributed by atoms with Crippen molar-refractivity contribution in [2.45, 2.75) is 32.2 Å².